The fourth-order valence-corrected chi connectivity index (χ4v) is 1.11. The molecule has 1 rings (SSSR count). The standard InChI is InChI=1S/C6H10N2O4/c9-6(10)4-12-5-1-2-8(3-5)7-11/h5H,1-4H2,(H,9,10). The van der Waals surface area contributed by atoms with Gasteiger partial charge in [-0.1, -0.05) is 0 Å². The van der Waals surface area contributed by atoms with Gasteiger partial charge in [-0.15, -0.1) is 4.91 Å². The number of carboxylic acid groups (broad SMARTS) is 1. The lowest BCUT2D eigenvalue weighted by atomic mass is 10.3. The maximum atomic E-state index is 10.1. The Morgan fingerprint density at radius 2 is 2.50 bits per heavy atom. The third kappa shape index (κ3) is 2.46. The van der Waals surface area contributed by atoms with Crippen LogP contribution in [0, 0.1) is 4.91 Å². The van der Waals surface area contributed by atoms with Gasteiger partial charge in [-0.2, -0.15) is 0 Å². The van der Waals surface area contributed by atoms with Crippen molar-refractivity contribution >= 4 is 5.97 Å². The van der Waals surface area contributed by atoms with Crippen molar-refractivity contribution in [1.29, 1.82) is 0 Å². The lowest BCUT2D eigenvalue weighted by Gasteiger charge is -2.08. The quantitative estimate of drug-likeness (QED) is 0.599. The molecule has 0 aromatic rings. The molecule has 0 amide bonds. The zero-order valence-electron chi connectivity index (χ0n) is 6.47. The highest BCUT2D eigenvalue weighted by atomic mass is 16.5. The molecule has 1 heterocycles. The molecule has 0 saturated carbocycles. The second-order valence-corrected chi connectivity index (χ2v) is 2.61. The molecular weight excluding hydrogens is 164 g/mol. The van der Waals surface area contributed by atoms with Crippen LogP contribution >= 0.6 is 0 Å². The number of nitroso groups, excluding NO2 is 1. The summed E-state index contributed by atoms with van der Waals surface area (Å²) in [5.74, 6) is -0.993. The van der Waals surface area contributed by atoms with E-state index >= 15 is 0 Å². The zero-order chi connectivity index (χ0) is 8.97. The van der Waals surface area contributed by atoms with Crippen LogP contribution in [-0.4, -0.2) is 41.9 Å². The molecule has 1 atom stereocenters. The summed E-state index contributed by atoms with van der Waals surface area (Å²) in [6.45, 7) is 0.641. The average molecular weight is 174 g/mol. The summed E-state index contributed by atoms with van der Waals surface area (Å²) in [5.41, 5.74) is 0. The Morgan fingerprint density at radius 1 is 1.75 bits per heavy atom. The summed E-state index contributed by atoms with van der Waals surface area (Å²) in [4.78, 5) is 20.1. The minimum Gasteiger partial charge on any atom is -0.480 e. The lowest BCUT2D eigenvalue weighted by Crippen LogP contribution is -2.21. The molecule has 6 nitrogen and oxygen atoms in total. The predicted molar refractivity (Wildman–Crippen MR) is 39.4 cm³/mol. The molecule has 0 spiro atoms. The van der Waals surface area contributed by atoms with Crippen molar-refractivity contribution in [3.63, 3.8) is 0 Å². The van der Waals surface area contributed by atoms with E-state index < -0.39 is 5.97 Å². The third-order valence-corrected chi connectivity index (χ3v) is 1.68. The van der Waals surface area contributed by atoms with E-state index in [4.69, 9.17) is 9.84 Å². The maximum absolute atomic E-state index is 10.1. The van der Waals surface area contributed by atoms with E-state index in [0.717, 1.165) is 0 Å². The minimum absolute atomic E-state index is 0.168. The van der Waals surface area contributed by atoms with Gasteiger partial charge < -0.3 is 9.84 Å². The Balaban J connectivity index is 2.19. The number of nitrogens with zero attached hydrogens (tertiary/aromatic N) is 2. The molecule has 1 unspecified atom stereocenters. The van der Waals surface area contributed by atoms with Crippen LogP contribution in [0.5, 0.6) is 0 Å². The van der Waals surface area contributed by atoms with Crippen LogP contribution < -0.4 is 0 Å². The monoisotopic (exact) mass is 174 g/mol. The predicted octanol–water partition coefficient (Wildman–Crippen LogP) is -0.157. The van der Waals surface area contributed by atoms with Gasteiger partial charge in [-0.05, 0) is 6.42 Å². The molecule has 68 valence electrons. The smallest absolute Gasteiger partial charge is 0.329 e. The molecule has 1 aliphatic rings. The first-order valence-electron chi connectivity index (χ1n) is 3.64. The Kier molecular flexibility index (Phi) is 2.98. The first-order chi connectivity index (χ1) is 5.72. The topological polar surface area (TPSA) is 79.2 Å². The van der Waals surface area contributed by atoms with Gasteiger partial charge in [0.1, 0.15) is 6.61 Å². The summed E-state index contributed by atoms with van der Waals surface area (Å²) in [6.07, 6.45) is 0.498. The van der Waals surface area contributed by atoms with Crippen LogP contribution in [0.1, 0.15) is 6.42 Å². The summed E-state index contributed by atoms with van der Waals surface area (Å²) in [5, 5.41) is 12.3. The maximum Gasteiger partial charge on any atom is 0.329 e. The van der Waals surface area contributed by atoms with Crippen LogP contribution in [-0.2, 0) is 9.53 Å². The van der Waals surface area contributed by atoms with Gasteiger partial charge in [0, 0.05) is 6.54 Å². The first kappa shape index (κ1) is 8.92. The van der Waals surface area contributed by atoms with Crippen LogP contribution in [0.25, 0.3) is 0 Å². The summed E-state index contributed by atoms with van der Waals surface area (Å²) < 4.78 is 4.96. The highest BCUT2D eigenvalue weighted by Crippen LogP contribution is 2.11. The fourth-order valence-electron chi connectivity index (χ4n) is 1.11. The molecule has 0 aromatic carbocycles. The van der Waals surface area contributed by atoms with E-state index in [1.165, 1.54) is 5.01 Å². The zero-order valence-corrected chi connectivity index (χ0v) is 6.47. The fraction of sp³-hybridized carbons (Fsp3) is 0.833. The molecule has 0 aliphatic carbocycles. The van der Waals surface area contributed by atoms with Crippen LogP contribution in [0.3, 0.4) is 0 Å². The molecule has 1 N–H and O–H groups in total. The summed E-state index contributed by atoms with van der Waals surface area (Å²) in [6, 6.07) is 0. The van der Waals surface area contributed by atoms with Gasteiger partial charge in [0.25, 0.3) is 0 Å². The number of aliphatic carboxylic acids is 1. The number of ether oxygens (including phenoxy) is 1. The summed E-state index contributed by atoms with van der Waals surface area (Å²) in [7, 11) is 0. The molecule has 1 aliphatic heterocycles. The van der Waals surface area contributed by atoms with Crippen LogP contribution in [0.4, 0.5) is 0 Å². The molecule has 1 saturated heterocycles. The normalized spacial score (nSPS) is 22.7. The van der Waals surface area contributed by atoms with Crippen molar-refractivity contribution in [2.45, 2.75) is 12.5 Å². The Labute approximate surface area is 69.1 Å². The minimum atomic E-state index is -0.993. The number of rotatable bonds is 4. The van der Waals surface area contributed by atoms with Crippen LogP contribution in [0.15, 0.2) is 5.29 Å². The van der Waals surface area contributed by atoms with Crippen molar-refractivity contribution in [3.05, 3.63) is 4.91 Å². The Bertz CT molecular complexity index is 184. The molecule has 0 bridgehead atoms. The van der Waals surface area contributed by atoms with E-state index in [9.17, 15) is 9.70 Å². The van der Waals surface area contributed by atoms with Gasteiger partial charge in [0.05, 0.1) is 17.9 Å². The van der Waals surface area contributed by atoms with Gasteiger partial charge in [-0.25, -0.2) is 4.79 Å². The molecular formula is C6H10N2O4. The highest BCUT2D eigenvalue weighted by molar-refractivity contribution is 5.68. The average Bonchev–Trinajstić information content (AvgIpc) is 2.48. The molecule has 6 heteroatoms. The number of carbonyl (C=O) groups is 1. The number of hydrogen-bond acceptors (Lipinski definition) is 4. The SMILES string of the molecule is O=NN1CCC(OCC(=O)O)C1. The van der Waals surface area contributed by atoms with E-state index in [0.29, 0.717) is 19.5 Å². The number of hydrogen-bond donors (Lipinski definition) is 1. The van der Waals surface area contributed by atoms with Gasteiger partial charge in [-0.3, -0.25) is 5.01 Å². The second kappa shape index (κ2) is 4.01. The van der Waals surface area contributed by atoms with Gasteiger partial charge >= 0.3 is 5.97 Å². The van der Waals surface area contributed by atoms with Crippen molar-refractivity contribution in [3.8, 4) is 0 Å². The molecule has 0 radical (unpaired) electrons. The largest absolute Gasteiger partial charge is 0.480 e. The van der Waals surface area contributed by atoms with Crippen molar-refractivity contribution < 1.29 is 14.6 Å². The van der Waals surface area contributed by atoms with E-state index in [1.54, 1.807) is 0 Å². The Hall–Kier alpha value is -1.17. The molecule has 0 aromatic heterocycles. The van der Waals surface area contributed by atoms with Crippen molar-refractivity contribution in [1.82, 2.24) is 5.01 Å². The van der Waals surface area contributed by atoms with E-state index in [2.05, 4.69) is 5.29 Å². The van der Waals surface area contributed by atoms with Crippen molar-refractivity contribution in [2.24, 2.45) is 5.29 Å². The van der Waals surface area contributed by atoms with E-state index in [-0.39, 0.29) is 12.7 Å². The van der Waals surface area contributed by atoms with Gasteiger partial charge in [0.2, 0.25) is 0 Å². The second-order valence-electron chi connectivity index (χ2n) is 2.61. The molecule has 1 fully saturated rings. The third-order valence-electron chi connectivity index (χ3n) is 1.68. The van der Waals surface area contributed by atoms with Crippen molar-refractivity contribution in [2.75, 3.05) is 19.7 Å². The van der Waals surface area contributed by atoms with Crippen LogP contribution in [0.2, 0.25) is 0 Å². The Morgan fingerprint density at radius 3 is 3.00 bits per heavy atom. The summed E-state index contributed by atoms with van der Waals surface area (Å²) >= 11 is 0. The van der Waals surface area contributed by atoms with Gasteiger partial charge in [0.15, 0.2) is 0 Å². The number of carboxylic acids is 1. The first-order valence-corrected chi connectivity index (χ1v) is 3.64. The molecule has 12 heavy (non-hydrogen) atoms. The van der Waals surface area contributed by atoms with E-state index in [1.807, 2.05) is 0 Å². The lowest BCUT2D eigenvalue weighted by molar-refractivity contribution is -0.144. The highest BCUT2D eigenvalue weighted by Gasteiger charge is 2.23.